The molecule has 37 heavy (non-hydrogen) atoms. The van der Waals surface area contributed by atoms with Crippen LogP contribution in [0, 0.1) is 0 Å². The fraction of sp³-hybridized carbons (Fsp3) is 0.478. The molecule has 0 spiro atoms. The van der Waals surface area contributed by atoms with Crippen LogP contribution in [-0.2, 0) is 24.0 Å². The topological polar surface area (TPSA) is 156 Å². The molecule has 0 aliphatic carbocycles. The van der Waals surface area contributed by atoms with E-state index in [4.69, 9.17) is 0 Å². The number of β-lactam (4-membered cyclic amide) rings is 1. The number of nitrogens with zero attached hydrogens (tertiary/aromatic N) is 3. The average Bonchev–Trinajstić information content (AvgIpc) is 3.10. The second-order valence-electron chi connectivity index (χ2n) is 9.22. The van der Waals surface area contributed by atoms with Crippen LogP contribution in [0.2, 0.25) is 0 Å². The highest BCUT2D eigenvalue weighted by molar-refractivity contribution is 8.01. The molecule has 0 bridgehead atoms. The number of imide groups is 1. The normalized spacial score (nSPS) is 25.0. The van der Waals surface area contributed by atoms with Crippen molar-refractivity contribution in [1.29, 1.82) is 0 Å². The van der Waals surface area contributed by atoms with Crippen LogP contribution in [0.5, 0.6) is 0 Å². The molecule has 3 heterocycles. The van der Waals surface area contributed by atoms with E-state index in [2.05, 4.69) is 10.6 Å². The number of urea groups is 1. The van der Waals surface area contributed by atoms with E-state index in [1.807, 2.05) is 0 Å². The van der Waals surface area contributed by atoms with Gasteiger partial charge < -0.3 is 25.5 Å². The molecule has 3 fully saturated rings. The molecule has 0 radical (unpaired) electrons. The zero-order valence-corrected chi connectivity index (χ0v) is 20.8. The van der Waals surface area contributed by atoms with Crippen molar-refractivity contribution in [3.05, 3.63) is 35.9 Å². The van der Waals surface area contributed by atoms with Crippen LogP contribution in [0.15, 0.2) is 30.3 Å². The molecule has 14 heteroatoms. The van der Waals surface area contributed by atoms with Gasteiger partial charge in [0.25, 0.3) is 0 Å². The summed E-state index contributed by atoms with van der Waals surface area (Å²) in [6.07, 6.45) is 0. The molecule has 1 aromatic carbocycles. The zero-order chi connectivity index (χ0) is 26.4. The van der Waals surface area contributed by atoms with E-state index in [9.17, 15) is 33.9 Å². The maximum Gasteiger partial charge on any atom is 0.327 e. The molecule has 6 amide bonds. The SMILES string of the molecule is CCN1CCN(C(=O)NC(C(=O)N[C@@H]2C(=O)N3[C@@H]2SC(C)(C)[C@@H]3C(=O)O)c2ccccc2)C(=O)C1=O.[MgH2]. The number of amides is 6. The van der Waals surface area contributed by atoms with Crippen molar-refractivity contribution in [3.8, 4) is 0 Å². The number of benzene rings is 1. The number of aliphatic carboxylic acids is 1. The number of thioether (sulfide) groups is 1. The molecule has 3 aliphatic rings. The van der Waals surface area contributed by atoms with E-state index in [-0.39, 0.29) is 36.1 Å². The third kappa shape index (κ3) is 5.14. The van der Waals surface area contributed by atoms with Crippen LogP contribution in [0.25, 0.3) is 0 Å². The molecule has 196 valence electrons. The third-order valence-electron chi connectivity index (χ3n) is 6.57. The molecule has 3 aliphatic heterocycles. The average molecular weight is 544 g/mol. The van der Waals surface area contributed by atoms with Crippen LogP contribution < -0.4 is 10.6 Å². The third-order valence-corrected chi connectivity index (χ3v) is 8.14. The second kappa shape index (κ2) is 10.9. The Hall–Kier alpha value is -2.84. The number of carboxylic acids is 1. The molecule has 3 saturated heterocycles. The summed E-state index contributed by atoms with van der Waals surface area (Å²) < 4.78 is -0.758. The van der Waals surface area contributed by atoms with Crippen LogP contribution >= 0.6 is 11.8 Å². The van der Waals surface area contributed by atoms with E-state index in [1.165, 1.54) is 21.6 Å². The van der Waals surface area contributed by atoms with Crippen molar-refractivity contribution in [2.24, 2.45) is 0 Å². The summed E-state index contributed by atoms with van der Waals surface area (Å²) in [6, 6.07) is 4.11. The lowest BCUT2D eigenvalue weighted by molar-refractivity contribution is -0.161. The van der Waals surface area contributed by atoms with E-state index < -0.39 is 63.9 Å². The summed E-state index contributed by atoms with van der Waals surface area (Å²) in [5, 5.41) is 14.2. The molecule has 3 N–H and O–H groups in total. The number of nitrogens with one attached hydrogen (secondary N) is 2. The van der Waals surface area contributed by atoms with Gasteiger partial charge in [0.05, 0.1) is 0 Å². The predicted molar refractivity (Wildman–Crippen MR) is 136 cm³/mol. The van der Waals surface area contributed by atoms with Crippen molar-refractivity contribution < 1.29 is 33.9 Å². The van der Waals surface area contributed by atoms with Gasteiger partial charge in [-0.25, -0.2) is 9.59 Å². The first-order chi connectivity index (χ1) is 17.0. The summed E-state index contributed by atoms with van der Waals surface area (Å²) in [6.45, 7) is 5.67. The Morgan fingerprint density at radius 3 is 2.35 bits per heavy atom. The number of fused-ring (bicyclic) bond motifs is 1. The smallest absolute Gasteiger partial charge is 0.327 e. The summed E-state index contributed by atoms with van der Waals surface area (Å²) in [4.78, 5) is 78.8. The number of carbonyl (C=O) groups is 6. The Kier molecular flexibility index (Phi) is 8.44. The van der Waals surface area contributed by atoms with Crippen molar-refractivity contribution in [3.63, 3.8) is 0 Å². The van der Waals surface area contributed by atoms with Crippen LogP contribution in [0.3, 0.4) is 0 Å². The quantitative estimate of drug-likeness (QED) is 0.230. The highest BCUT2D eigenvalue weighted by Gasteiger charge is 2.64. The lowest BCUT2D eigenvalue weighted by Gasteiger charge is -2.44. The zero-order valence-electron chi connectivity index (χ0n) is 20.0. The van der Waals surface area contributed by atoms with Gasteiger partial charge in [-0.15, -0.1) is 11.8 Å². The summed E-state index contributed by atoms with van der Waals surface area (Å²) >= 11 is 1.28. The van der Waals surface area contributed by atoms with Gasteiger partial charge in [0.2, 0.25) is 11.8 Å². The van der Waals surface area contributed by atoms with Crippen molar-refractivity contribution in [2.45, 2.75) is 49.0 Å². The van der Waals surface area contributed by atoms with Crippen molar-refractivity contribution in [2.75, 3.05) is 19.6 Å². The van der Waals surface area contributed by atoms with Crippen LogP contribution in [0.1, 0.15) is 32.4 Å². The van der Waals surface area contributed by atoms with Gasteiger partial charge in [-0.3, -0.25) is 24.1 Å². The fourth-order valence-electron chi connectivity index (χ4n) is 4.70. The standard InChI is InChI=1S/C23H27N5O7S.Mg.2H/c1-4-26-10-11-27(19(32)18(26)31)22(35)25-13(12-8-6-5-7-9-12)16(29)24-14-17(30)28-15(21(33)34)23(2,3)36-20(14)28;;;/h5-9,13-15,20H,4,10-11H2,1-3H3,(H,24,29)(H,25,35)(H,33,34);;;/t13?,14-,15+,20-;;;/m1.../s1. The number of rotatable bonds is 6. The Bertz CT molecular complexity index is 1130. The monoisotopic (exact) mass is 543 g/mol. The number of carboxylic acid groups (broad SMARTS) is 1. The summed E-state index contributed by atoms with van der Waals surface area (Å²) in [7, 11) is 0. The molecule has 1 unspecified atom stereocenters. The van der Waals surface area contributed by atoms with E-state index >= 15 is 0 Å². The lowest BCUT2D eigenvalue weighted by atomic mass is 9.95. The first-order valence-corrected chi connectivity index (χ1v) is 12.3. The number of hydrogen-bond acceptors (Lipinski definition) is 7. The Morgan fingerprint density at radius 1 is 1.11 bits per heavy atom. The second-order valence-corrected chi connectivity index (χ2v) is 11.0. The van der Waals surface area contributed by atoms with Gasteiger partial charge in [-0.05, 0) is 26.3 Å². The summed E-state index contributed by atoms with van der Waals surface area (Å²) in [5.74, 6) is -4.12. The van der Waals surface area contributed by atoms with Crippen molar-refractivity contribution >= 4 is 70.4 Å². The molecule has 4 atom stereocenters. The van der Waals surface area contributed by atoms with E-state index in [0.717, 1.165) is 4.90 Å². The molecule has 4 rings (SSSR count). The first-order valence-electron chi connectivity index (χ1n) is 11.5. The molecular formula is C23H29MgN5O7S. The number of hydrogen-bond donors (Lipinski definition) is 3. The van der Waals surface area contributed by atoms with E-state index in [1.54, 1.807) is 51.1 Å². The van der Waals surface area contributed by atoms with Gasteiger partial charge in [0, 0.05) is 24.4 Å². The van der Waals surface area contributed by atoms with Crippen molar-refractivity contribution in [1.82, 2.24) is 25.3 Å². The highest BCUT2D eigenvalue weighted by atomic mass is 32.2. The largest absolute Gasteiger partial charge is 0.480 e. The Morgan fingerprint density at radius 2 is 1.76 bits per heavy atom. The van der Waals surface area contributed by atoms with Crippen LogP contribution in [-0.4, -0.2) is 120 Å². The Labute approximate surface area is 233 Å². The molecule has 0 aromatic heterocycles. The molecule has 0 saturated carbocycles. The number of carbonyl (C=O) groups excluding carboxylic acids is 5. The van der Waals surface area contributed by atoms with Gasteiger partial charge in [0.15, 0.2) is 0 Å². The Balaban J connectivity index is 0.00000380. The summed E-state index contributed by atoms with van der Waals surface area (Å²) in [5.41, 5.74) is 0.403. The highest BCUT2D eigenvalue weighted by Crippen LogP contribution is 2.50. The van der Waals surface area contributed by atoms with Gasteiger partial charge in [-0.1, -0.05) is 30.3 Å². The fourth-order valence-corrected chi connectivity index (χ4v) is 6.32. The van der Waals surface area contributed by atoms with Gasteiger partial charge >= 0.3 is 46.9 Å². The maximum absolute atomic E-state index is 13.3. The molecular weight excluding hydrogens is 515 g/mol. The van der Waals surface area contributed by atoms with E-state index in [0.29, 0.717) is 12.1 Å². The minimum atomic E-state index is -1.26. The maximum atomic E-state index is 13.3. The van der Waals surface area contributed by atoms with Gasteiger partial charge in [0.1, 0.15) is 23.5 Å². The predicted octanol–water partition coefficient (Wildman–Crippen LogP) is -1.16. The van der Waals surface area contributed by atoms with Crippen LogP contribution in [0.4, 0.5) is 4.79 Å². The first kappa shape index (κ1) is 28.7. The molecule has 12 nitrogen and oxygen atoms in total. The minimum Gasteiger partial charge on any atom is -0.480 e. The number of likely N-dealkylation sites (N-methyl/N-ethyl adjacent to an activating group) is 1. The minimum absolute atomic E-state index is 0. The molecule has 1 aromatic rings. The number of piperazine rings is 1. The lowest BCUT2D eigenvalue weighted by Crippen LogP contribution is -2.71. The van der Waals surface area contributed by atoms with Gasteiger partial charge in [-0.2, -0.15) is 0 Å².